The number of benzene rings is 1. The molecule has 80 valence electrons. The Morgan fingerprint density at radius 3 is 2.53 bits per heavy atom. The topological polar surface area (TPSA) is 37.3 Å². The van der Waals surface area contributed by atoms with Crippen LogP contribution in [0.15, 0.2) is 18.2 Å². The predicted molar refractivity (Wildman–Crippen MR) is 53.1 cm³/mol. The number of carbonyl (C=O) groups is 1. The molecule has 0 unspecified atom stereocenters. The van der Waals surface area contributed by atoms with Crippen molar-refractivity contribution in [1.29, 1.82) is 0 Å². The summed E-state index contributed by atoms with van der Waals surface area (Å²) in [5.74, 6) is -3.43. The molecule has 0 spiro atoms. The lowest BCUT2D eigenvalue weighted by atomic mass is 10.1. The number of hydrogen-bond donors (Lipinski definition) is 1. The zero-order valence-corrected chi connectivity index (χ0v) is 8.26. The molecule has 0 atom stereocenters. The third-order valence-electron chi connectivity index (χ3n) is 1.71. The van der Waals surface area contributed by atoms with Gasteiger partial charge < -0.3 is 5.11 Å². The van der Waals surface area contributed by atoms with Crippen LogP contribution in [0.3, 0.4) is 0 Å². The first-order chi connectivity index (χ1) is 7.06. The summed E-state index contributed by atoms with van der Waals surface area (Å²) < 4.78 is 25.6. The van der Waals surface area contributed by atoms with Crippen molar-refractivity contribution in [2.45, 2.75) is 0 Å². The molecule has 0 fully saturated rings. The first-order valence-electron chi connectivity index (χ1n) is 4.01. The Morgan fingerprint density at radius 2 is 2.00 bits per heavy atom. The molecular weight excluding hydrogens is 226 g/mol. The number of alkyl halides is 1. The molecule has 1 aromatic carbocycles. The number of carboxylic acids is 1. The molecule has 1 rings (SSSR count). The highest BCUT2D eigenvalue weighted by molar-refractivity contribution is 6.19. The molecule has 0 aromatic heterocycles. The second-order valence-corrected chi connectivity index (χ2v) is 3.02. The quantitative estimate of drug-likeness (QED) is 0.814. The molecular formula is C10H7ClF2O2. The van der Waals surface area contributed by atoms with E-state index in [0.717, 1.165) is 6.07 Å². The van der Waals surface area contributed by atoms with E-state index in [9.17, 15) is 13.6 Å². The zero-order chi connectivity index (χ0) is 11.4. The minimum atomic E-state index is -1.32. The maximum Gasteiger partial charge on any atom is 0.336 e. The summed E-state index contributed by atoms with van der Waals surface area (Å²) in [6.45, 7) is 0. The van der Waals surface area contributed by atoms with E-state index in [0.29, 0.717) is 6.07 Å². The van der Waals surface area contributed by atoms with E-state index in [1.165, 1.54) is 12.2 Å². The monoisotopic (exact) mass is 232 g/mol. The number of carboxylic acid groups (broad SMARTS) is 1. The minimum Gasteiger partial charge on any atom is -0.478 e. The smallest absolute Gasteiger partial charge is 0.336 e. The molecule has 0 saturated heterocycles. The van der Waals surface area contributed by atoms with Gasteiger partial charge in [-0.05, 0) is 17.7 Å². The Balaban J connectivity index is 3.28. The highest BCUT2D eigenvalue weighted by Crippen LogP contribution is 2.16. The number of aromatic carboxylic acids is 1. The third-order valence-corrected chi connectivity index (χ3v) is 1.89. The molecule has 0 aliphatic heterocycles. The molecule has 0 saturated carbocycles. The summed E-state index contributed by atoms with van der Waals surface area (Å²) >= 11 is 5.35. The van der Waals surface area contributed by atoms with E-state index in [4.69, 9.17) is 16.7 Å². The Labute approximate surface area is 89.8 Å². The Kier molecular flexibility index (Phi) is 3.80. The summed E-state index contributed by atoms with van der Waals surface area (Å²) in [5, 5.41) is 8.72. The van der Waals surface area contributed by atoms with Crippen molar-refractivity contribution >= 4 is 23.6 Å². The van der Waals surface area contributed by atoms with Crippen molar-refractivity contribution < 1.29 is 18.7 Å². The van der Waals surface area contributed by atoms with Crippen molar-refractivity contribution in [2.24, 2.45) is 0 Å². The Morgan fingerprint density at radius 1 is 1.40 bits per heavy atom. The van der Waals surface area contributed by atoms with Crippen molar-refractivity contribution in [2.75, 3.05) is 5.88 Å². The second-order valence-electron chi connectivity index (χ2n) is 2.72. The maximum absolute atomic E-state index is 12.8. The van der Waals surface area contributed by atoms with Gasteiger partial charge in [-0.3, -0.25) is 0 Å². The summed E-state index contributed by atoms with van der Waals surface area (Å²) in [4.78, 5) is 10.7. The summed E-state index contributed by atoms with van der Waals surface area (Å²) in [6, 6.07) is 1.47. The van der Waals surface area contributed by atoms with Crippen LogP contribution in [0, 0.1) is 11.6 Å². The van der Waals surface area contributed by atoms with Gasteiger partial charge in [0.25, 0.3) is 0 Å². The summed E-state index contributed by atoms with van der Waals surface area (Å²) in [5.41, 5.74) is -0.211. The van der Waals surface area contributed by atoms with Crippen LogP contribution in [0.1, 0.15) is 15.9 Å². The van der Waals surface area contributed by atoms with E-state index in [1.54, 1.807) is 0 Å². The van der Waals surface area contributed by atoms with Crippen molar-refractivity contribution in [3.8, 4) is 0 Å². The SMILES string of the molecule is O=C(O)c1cc(F)c(F)cc1C=CCCl. The molecule has 5 heteroatoms. The molecule has 0 aliphatic rings. The average Bonchev–Trinajstić information content (AvgIpc) is 2.19. The fourth-order valence-electron chi connectivity index (χ4n) is 1.06. The van der Waals surface area contributed by atoms with Gasteiger partial charge in [0.1, 0.15) is 0 Å². The van der Waals surface area contributed by atoms with Crippen LogP contribution in [0.5, 0.6) is 0 Å². The van der Waals surface area contributed by atoms with E-state index >= 15 is 0 Å². The number of allylic oxidation sites excluding steroid dienone is 1. The molecule has 1 aromatic rings. The van der Waals surface area contributed by atoms with Gasteiger partial charge in [0.15, 0.2) is 11.6 Å². The highest BCUT2D eigenvalue weighted by atomic mass is 35.5. The van der Waals surface area contributed by atoms with Gasteiger partial charge in [-0.25, -0.2) is 13.6 Å². The molecule has 1 N–H and O–H groups in total. The first kappa shape index (κ1) is 11.7. The molecule has 15 heavy (non-hydrogen) atoms. The highest BCUT2D eigenvalue weighted by Gasteiger charge is 2.13. The van der Waals surface area contributed by atoms with Crippen LogP contribution in [0.2, 0.25) is 0 Å². The van der Waals surface area contributed by atoms with Gasteiger partial charge in [0, 0.05) is 5.88 Å². The predicted octanol–water partition coefficient (Wildman–Crippen LogP) is 2.92. The lowest BCUT2D eigenvalue weighted by Gasteiger charge is -2.02. The van der Waals surface area contributed by atoms with Gasteiger partial charge >= 0.3 is 5.97 Å². The molecule has 0 heterocycles. The molecule has 0 amide bonds. The van der Waals surface area contributed by atoms with Crippen LogP contribution >= 0.6 is 11.6 Å². The molecule has 0 aliphatic carbocycles. The largest absolute Gasteiger partial charge is 0.478 e. The Hall–Kier alpha value is -1.42. The molecule has 2 nitrogen and oxygen atoms in total. The first-order valence-corrected chi connectivity index (χ1v) is 4.54. The van der Waals surface area contributed by atoms with E-state index in [-0.39, 0.29) is 17.0 Å². The number of halogens is 3. The van der Waals surface area contributed by atoms with Crippen LogP contribution in [-0.4, -0.2) is 17.0 Å². The normalized spacial score (nSPS) is 10.9. The van der Waals surface area contributed by atoms with Crippen molar-refractivity contribution in [1.82, 2.24) is 0 Å². The minimum absolute atomic E-state index is 0.0852. The Bertz CT molecular complexity index is 416. The fraction of sp³-hybridized carbons (Fsp3) is 0.100. The van der Waals surface area contributed by atoms with E-state index in [2.05, 4.69) is 0 Å². The van der Waals surface area contributed by atoms with E-state index < -0.39 is 17.6 Å². The van der Waals surface area contributed by atoms with Crippen molar-refractivity contribution in [3.05, 3.63) is 41.0 Å². The third kappa shape index (κ3) is 2.76. The molecule has 0 radical (unpaired) electrons. The summed E-state index contributed by atoms with van der Waals surface area (Å²) in [6.07, 6.45) is 2.78. The van der Waals surface area contributed by atoms with Crippen LogP contribution < -0.4 is 0 Å². The fourth-order valence-corrected chi connectivity index (χ4v) is 1.15. The van der Waals surface area contributed by atoms with Gasteiger partial charge in [-0.2, -0.15) is 0 Å². The number of rotatable bonds is 3. The second kappa shape index (κ2) is 4.89. The average molecular weight is 233 g/mol. The van der Waals surface area contributed by atoms with Crippen LogP contribution in [0.4, 0.5) is 8.78 Å². The zero-order valence-electron chi connectivity index (χ0n) is 7.51. The number of hydrogen-bond acceptors (Lipinski definition) is 1. The van der Waals surface area contributed by atoms with Gasteiger partial charge in [-0.1, -0.05) is 12.2 Å². The standard InChI is InChI=1S/C10H7ClF2O2/c11-3-1-2-6-4-8(12)9(13)5-7(6)10(14)15/h1-2,4-5H,3H2,(H,14,15). The molecule has 0 bridgehead atoms. The maximum atomic E-state index is 12.8. The van der Waals surface area contributed by atoms with Gasteiger partial charge in [-0.15, -0.1) is 11.6 Å². The van der Waals surface area contributed by atoms with Gasteiger partial charge in [0.2, 0.25) is 0 Å². The summed E-state index contributed by atoms with van der Waals surface area (Å²) in [7, 11) is 0. The lowest BCUT2D eigenvalue weighted by Crippen LogP contribution is -2.02. The van der Waals surface area contributed by atoms with Crippen LogP contribution in [0.25, 0.3) is 6.08 Å². The van der Waals surface area contributed by atoms with Gasteiger partial charge in [0.05, 0.1) is 5.56 Å². The van der Waals surface area contributed by atoms with Crippen LogP contribution in [-0.2, 0) is 0 Å². The lowest BCUT2D eigenvalue weighted by molar-refractivity contribution is 0.0696. The van der Waals surface area contributed by atoms with E-state index in [1.807, 2.05) is 0 Å². The van der Waals surface area contributed by atoms with Crippen molar-refractivity contribution in [3.63, 3.8) is 0 Å².